The molecule has 2 aromatic carbocycles. The summed E-state index contributed by atoms with van der Waals surface area (Å²) < 4.78 is 5.08. The Morgan fingerprint density at radius 2 is 1.57 bits per heavy atom. The third kappa shape index (κ3) is 5.24. The fourth-order valence-electron chi connectivity index (χ4n) is 2.93. The molecule has 0 spiro atoms. The molecule has 2 heteroatoms. The zero-order chi connectivity index (χ0) is 16.7. The summed E-state index contributed by atoms with van der Waals surface area (Å²) in [6, 6.07) is 19.1. The molecule has 0 heterocycles. The Morgan fingerprint density at radius 3 is 2.17 bits per heavy atom. The summed E-state index contributed by atoms with van der Waals surface area (Å²) in [5.41, 5.74) is 3.79. The Morgan fingerprint density at radius 1 is 0.957 bits per heavy atom. The second-order valence-corrected chi connectivity index (χ2v) is 6.26. The molecule has 0 aliphatic heterocycles. The molecule has 2 nitrogen and oxygen atoms in total. The molecule has 2 rings (SSSR count). The molecule has 1 unspecified atom stereocenters. The van der Waals surface area contributed by atoms with E-state index in [1.165, 1.54) is 16.7 Å². The van der Waals surface area contributed by atoms with Gasteiger partial charge >= 0.3 is 5.97 Å². The first-order valence-electron chi connectivity index (χ1n) is 8.41. The highest BCUT2D eigenvalue weighted by Gasteiger charge is 2.17. The molecule has 0 bridgehead atoms. The van der Waals surface area contributed by atoms with E-state index in [9.17, 15) is 4.79 Å². The molecule has 0 radical (unpaired) electrons. The van der Waals surface area contributed by atoms with Crippen molar-refractivity contribution in [1.29, 1.82) is 0 Å². The van der Waals surface area contributed by atoms with E-state index in [1.54, 1.807) is 0 Å². The van der Waals surface area contributed by atoms with E-state index < -0.39 is 0 Å². The Labute approximate surface area is 139 Å². The van der Waals surface area contributed by atoms with E-state index in [0.717, 1.165) is 12.8 Å². The largest absolute Gasteiger partial charge is 0.466 e. The molecular formula is C21H26O2. The lowest BCUT2D eigenvalue weighted by Crippen LogP contribution is -2.18. The van der Waals surface area contributed by atoms with Gasteiger partial charge in [0.1, 0.15) is 0 Å². The van der Waals surface area contributed by atoms with E-state index in [-0.39, 0.29) is 11.9 Å². The van der Waals surface area contributed by atoms with Crippen molar-refractivity contribution in [3.05, 3.63) is 60.2 Å². The lowest BCUT2D eigenvalue weighted by atomic mass is 9.91. The number of hydrogen-bond acceptors (Lipinski definition) is 2. The van der Waals surface area contributed by atoms with Crippen LogP contribution in [0.4, 0.5) is 0 Å². The van der Waals surface area contributed by atoms with Crippen LogP contribution in [0.15, 0.2) is 54.6 Å². The van der Waals surface area contributed by atoms with Crippen LogP contribution in [0.25, 0.3) is 11.1 Å². The minimum absolute atomic E-state index is 0.0338. The lowest BCUT2D eigenvalue weighted by Gasteiger charge is -2.16. The smallest absolute Gasteiger partial charge is 0.308 e. The van der Waals surface area contributed by atoms with Crippen LogP contribution >= 0.6 is 0 Å². The second-order valence-electron chi connectivity index (χ2n) is 6.26. The first kappa shape index (κ1) is 17.3. The van der Waals surface area contributed by atoms with E-state index >= 15 is 0 Å². The van der Waals surface area contributed by atoms with Gasteiger partial charge in [-0.05, 0) is 42.4 Å². The molecule has 23 heavy (non-hydrogen) atoms. The van der Waals surface area contributed by atoms with Gasteiger partial charge in [-0.25, -0.2) is 0 Å². The summed E-state index contributed by atoms with van der Waals surface area (Å²) in [6.45, 7) is 6.45. The van der Waals surface area contributed by atoms with Gasteiger partial charge in [0.05, 0.1) is 12.5 Å². The fourth-order valence-corrected chi connectivity index (χ4v) is 2.93. The molecule has 0 saturated heterocycles. The highest BCUT2D eigenvalue weighted by Crippen LogP contribution is 2.22. The van der Waals surface area contributed by atoms with Crippen LogP contribution in [-0.4, -0.2) is 12.6 Å². The monoisotopic (exact) mass is 310 g/mol. The molecular weight excluding hydrogens is 284 g/mol. The number of benzene rings is 2. The summed E-state index contributed by atoms with van der Waals surface area (Å²) in [5, 5.41) is 0. The maximum atomic E-state index is 11.7. The molecule has 2 atom stereocenters. The molecule has 0 fully saturated rings. The molecule has 0 aromatic heterocycles. The molecule has 0 aliphatic carbocycles. The molecule has 0 amide bonds. The van der Waals surface area contributed by atoms with Crippen LogP contribution < -0.4 is 0 Å². The Hall–Kier alpha value is -2.09. The molecule has 122 valence electrons. The SMILES string of the molecule is CCOC(=O)[C@H](C)CC(C)Cc1ccc(-c2ccccc2)cc1. The minimum atomic E-state index is -0.0845. The second kappa shape index (κ2) is 8.52. The van der Waals surface area contributed by atoms with E-state index in [2.05, 4.69) is 55.5 Å². The summed E-state index contributed by atoms with van der Waals surface area (Å²) in [6.07, 6.45) is 1.85. The number of rotatable bonds is 7. The maximum Gasteiger partial charge on any atom is 0.308 e. The molecule has 0 N–H and O–H groups in total. The van der Waals surface area contributed by atoms with Crippen molar-refractivity contribution >= 4 is 5.97 Å². The zero-order valence-corrected chi connectivity index (χ0v) is 14.3. The number of carbonyl (C=O) groups is 1. The van der Waals surface area contributed by atoms with Crippen molar-refractivity contribution in [1.82, 2.24) is 0 Å². The van der Waals surface area contributed by atoms with Crippen molar-refractivity contribution in [3.8, 4) is 11.1 Å². The van der Waals surface area contributed by atoms with Crippen molar-refractivity contribution in [2.45, 2.75) is 33.6 Å². The predicted molar refractivity (Wildman–Crippen MR) is 95.2 cm³/mol. The Kier molecular flexibility index (Phi) is 6.40. The van der Waals surface area contributed by atoms with Gasteiger partial charge in [-0.15, -0.1) is 0 Å². The number of hydrogen-bond donors (Lipinski definition) is 0. The van der Waals surface area contributed by atoms with Gasteiger partial charge in [0.25, 0.3) is 0 Å². The van der Waals surface area contributed by atoms with Crippen molar-refractivity contribution in [3.63, 3.8) is 0 Å². The van der Waals surface area contributed by atoms with E-state index in [0.29, 0.717) is 12.5 Å². The standard InChI is InChI=1S/C21H26O2/c1-4-23-21(22)17(3)14-16(2)15-18-10-12-20(13-11-18)19-8-6-5-7-9-19/h5-13,16-17H,4,14-15H2,1-3H3/t16?,17-/m1/s1. The maximum absolute atomic E-state index is 11.7. The lowest BCUT2D eigenvalue weighted by molar-refractivity contribution is -0.147. The number of esters is 1. The van der Waals surface area contributed by atoms with Crippen molar-refractivity contribution < 1.29 is 9.53 Å². The van der Waals surface area contributed by atoms with Crippen LogP contribution in [0.3, 0.4) is 0 Å². The van der Waals surface area contributed by atoms with Gasteiger partial charge < -0.3 is 4.74 Å². The van der Waals surface area contributed by atoms with Gasteiger partial charge in [-0.2, -0.15) is 0 Å². The molecule has 2 aromatic rings. The summed E-state index contributed by atoms with van der Waals surface area (Å²) in [4.78, 5) is 11.7. The van der Waals surface area contributed by atoms with Gasteiger partial charge in [-0.1, -0.05) is 68.4 Å². The normalized spacial score (nSPS) is 13.3. The van der Waals surface area contributed by atoms with Crippen molar-refractivity contribution in [2.75, 3.05) is 6.61 Å². The Balaban J connectivity index is 1.92. The summed E-state index contributed by atoms with van der Waals surface area (Å²) >= 11 is 0. The topological polar surface area (TPSA) is 26.3 Å². The van der Waals surface area contributed by atoms with Crippen LogP contribution in [0.1, 0.15) is 32.8 Å². The number of carbonyl (C=O) groups excluding carboxylic acids is 1. The van der Waals surface area contributed by atoms with Crippen molar-refractivity contribution in [2.24, 2.45) is 11.8 Å². The first-order valence-corrected chi connectivity index (χ1v) is 8.41. The average Bonchev–Trinajstić information content (AvgIpc) is 2.56. The molecule has 0 aliphatic rings. The third-order valence-corrected chi connectivity index (χ3v) is 4.09. The van der Waals surface area contributed by atoms with E-state index in [4.69, 9.17) is 4.74 Å². The zero-order valence-electron chi connectivity index (χ0n) is 14.3. The van der Waals surface area contributed by atoms with E-state index in [1.807, 2.05) is 19.9 Å². The average molecular weight is 310 g/mol. The quantitative estimate of drug-likeness (QED) is 0.663. The molecule has 0 saturated carbocycles. The van der Waals surface area contributed by atoms with Crippen LogP contribution in [0.2, 0.25) is 0 Å². The van der Waals surface area contributed by atoms with Crippen LogP contribution in [0, 0.1) is 11.8 Å². The predicted octanol–water partition coefficient (Wildman–Crippen LogP) is 5.12. The Bertz CT molecular complexity index is 601. The highest BCUT2D eigenvalue weighted by molar-refractivity contribution is 5.71. The van der Waals surface area contributed by atoms with Gasteiger partial charge in [-0.3, -0.25) is 4.79 Å². The van der Waals surface area contributed by atoms with Gasteiger partial charge in [0.2, 0.25) is 0 Å². The summed E-state index contributed by atoms with van der Waals surface area (Å²) in [5.74, 6) is 0.337. The minimum Gasteiger partial charge on any atom is -0.466 e. The first-order chi connectivity index (χ1) is 11.1. The number of ether oxygens (including phenoxy) is 1. The summed E-state index contributed by atoms with van der Waals surface area (Å²) in [7, 11) is 0. The van der Waals surface area contributed by atoms with Crippen LogP contribution in [-0.2, 0) is 16.0 Å². The highest BCUT2D eigenvalue weighted by atomic mass is 16.5. The fraction of sp³-hybridized carbons (Fsp3) is 0.381. The third-order valence-electron chi connectivity index (χ3n) is 4.09. The van der Waals surface area contributed by atoms with Crippen LogP contribution in [0.5, 0.6) is 0 Å². The van der Waals surface area contributed by atoms with Gasteiger partial charge in [0, 0.05) is 0 Å². The van der Waals surface area contributed by atoms with Gasteiger partial charge in [0.15, 0.2) is 0 Å².